The van der Waals surface area contributed by atoms with E-state index < -0.39 is 0 Å². The summed E-state index contributed by atoms with van der Waals surface area (Å²) < 4.78 is 24.2. The highest BCUT2D eigenvalue weighted by Crippen LogP contribution is 1.99. The van der Waals surface area contributed by atoms with E-state index in [0.29, 0.717) is 0 Å². The van der Waals surface area contributed by atoms with Crippen LogP contribution in [0.3, 0.4) is 0 Å². The Balaban J connectivity index is 0. The van der Waals surface area contributed by atoms with Gasteiger partial charge in [-0.1, -0.05) is 63.1 Å². The number of aryl methyl sites for hydroxylation is 2. The average Bonchev–Trinajstić information content (AvgIpc) is 2.38. The van der Waals surface area contributed by atoms with Crippen LogP contribution in [0.15, 0.2) is 48.5 Å². The molecular weight excluding hydrogens is 254 g/mol. The van der Waals surface area contributed by atoms with E-state index in [0.717, 1.165) is 11.1 Å². The van der Waals surface area contributed by atoms with Gasteiger partial charge in [0.15, 0.2) is 0 Å². The van der Waals surface area contributed by atoms with E-state index >= 15 is 0 Å². The fraction of sp³-hybridized carbons (Fsp3) is 0.333. The Kier molecular flexibility index (Phi) is 12.7. The van der Waals surface area contributed by atoms with Crippen molar-refractivity contribution in [1.29, 1.82) is 0 Å². The van der Waals surface area contributed by atoms with Gasteiger partial charge in [-0.05, 0) is 38.1 Å². The zero-order chi connectivity index (χ0) is 14.7. The zero-order valence-electron chi connectivity index (χ0n) is 12.1. The monoisotopic (exact) mass is 280 g/mol. The first-order valence-corrected chi connectivity index (χ1v) is 6.43. The molecule has 0 amide bonds. The van der Waals surface area contributed by atoms with Gasteiger partial charge in [-0.15, -0.1) is 0 Å². The molecular formula is C18H26F2. The lowest BCUT2D eigenvalue weighted by Gasteiger charge is -1.87. The van der Waals surface area contributed by atoms with E-state index in [2.05, 4.69) is 13.8 Å². The van der Waals surface area contributed by atoms with Gasteiger partial charge in [0, 0.05) is 0 Å². The van der Waals surface area contributed by atoms with Crippen molar-refractivity contribution in [3.63, 3.8) is 0 Å². The van der Waals surface area contributed by atoms with E-state index in [9.17, 15) is 8.78 Å². The van der Waals surface area contributed by atoms with Crippen molar-refractivity contribution in [3.8, 4) is 0 Å². The predicted molar refractivity (Wildman–Crippen MR) is 85.0 cm³/mol. The van der Waals surface area contributed by atoms with Crippen LogP contribution in [0.4, 0.5) is 8.78 Å². The summed E-state index contributed by atoms with van der Waals surface area (Å²) in [5.74, 6) is -0.341. The molecule has 2 rings (SSSR count). The van der Waals surface area contributed by atoms with Crippen molar-refractivity contribution in [2.45, 2.75) is 41.5 Å². The van der Waals surface area contributed by atoms with Gasteiger partial charge in [-0.25, -0.2) is 8.78 Å². The Morgan fingerprint density at radius 3 is 1.00 bits per heavy atom. The van der Waals surface area contributed by atoms with E-state index in [4.69, 9.17) is 0 Å². The van der Waals surface area contributed by atoms with E-state index in [1.807, 2.05) is 13.8 Å². The highest BCUT2D eigenvalue weighted by molar-refractivity contribution is 5.14. The Morgan fingerprint density at radius 2 is 0.850 bits per heavy atom. The van der Waals surface area contributed by atoms with Gasteiger partial charge in [0.25, 0.3) is 0 Å². The van der Waals surface area contributed by atoms with Crippen LogP contribution < -0.4 is 0 Å². The minimum Gasteiger partial charge on any atom is -0.207 e. The van der Waals surface area contributed by atoms with Crippen molar-refractivity contribution in [3.05, 3.63) is 71.3 Å². The molecule has 112 valence electrons. The largest absolute Gasteiger partial charge is 0.207 e. The molecule has 0 aliphatic carbocycles. The molecule has 0 aromatic heterocycles. The number of benzene rings is 2. The molecule has 20 heavy (non-hydrogen) atoms. The molecule has 2 aromatic carbocycles. The standard InChI is InChI=1S/2C7H7F.C3H8.CH4/c2*1-6-2-4-7(8)5-3-6;1-3-2;/h2*2-5H,1H3;3H2,1-2H3;1H4. The van der Waals surface area contributed by atoms with Crippen molar-refractivity contribution in [2.24, 2.45) is 0 Å². The van der Waals surface area contributed by atoms with Gasteiger partial charge in [-0.3, -0.25) is 0 Å². The molecule has 0 saturated carbocycles. The third-order valence-electron chi connectivity index (χ3n) is 2.02. The van der Waals surface area contributed by atoms with E-state index in [1.165, 1.54) is 30.7 Å². The number of hydrogen-bond acceptors (Lipinski definition) is 0. The van der Waals surface area contributed by atoms with Crippen LogP contribution in [0.5, 0.6) is 0 Å². The summed E-state index contributed by atoms with van der Waals surface area (Å²) in [7, 11) is 0. The van der Waals surface area contributed by atoms with E-state index in [-0.39, 0.29) is 19.1 Å². The summed E-state index contributed by atoms with van der Waals surface area (Å²) in [6, 6.07) is 12.8. The Morgan fingerprint density at radius 1 is 0.650 bits per heavy atom. The second-order valence-electron chi connectivity index (χ2n) is 4.30. The molecule has 0 atom stereocenters. The van der Waals surface area contributed by atoms with Crippen LogP contribution in [-0.4, -0.2) is 0 Å². The molecule has 0 saturated heterocycles. The number of rotatable bonds is 0. The lowest BCUT2D eigenvalue weighted by Crippen LogP contribution is -1.71. The average molecular weight is 280 g/mol. The second kappa shape index (κ2) is 12.3. The van der Waals surface area contributed by atoms with Gasteiger partial charge < -0.3 is 0 Å². The smallest absolute Gasteiger partial charge is 0.123 e. The van der Waals surface area contributed by atoms with Crippen molar-refractivity contribution in [1.82, 2.24) is 0 Å². The zero-order valence-corrected chi connectivity index (χ0v) is 12.1. The second-order valence-corrected chi connectivity index (χ2v) is 4.30. The van der Waals surface area contributed by atoms with Crippen LogP contribution in [-0.2, 0) is 0 Å². The highest BCUT2D eigenvalue weighted by Gasteiger charge is 1.84. The van der Waals surface area contributed by atoms with Crippen LogP contribution >= 0.6 is 0 Å². The summed E-state index contributed by atoms with van der Waals surface area (Å²) in [5, 5.41) is 0. The highest BCUT2D eigenvalue weighted by atomic mass is 19.1. The Bertz CT molecular complexity index is 344. The molecule has 0 radical (unpaired) electrons. The first-order valence-electron chi connectivity index (χ1n) is 6.43. The SMILES string of the molecule is C.CCC.Cc1ccc(F)cc1.Cc1ccc(F)cc1. The maximum atomic E-state index is 12.1. The van der Waals surface area contributed by atoms with Gasteiger partial charge in [0.05, 0.1) is 0 Å². The van der Waals surface area contributed by atoms with Crippen molar-refractivity contribution >= 4 is 0 Å². The van der Waals surface area contributed by atoms with Gasteiger partial charge in [0.1, 0.15) is 11.6 Å². The molecule has 0 N–H and O–H groups in total. The molecule has 0 heterocycles. The molecule has 0 aliphatic rings. The maximum Gasteiger partial charge on any atom is 0.123 e. The van der Waals surface area contributed by atoms with Gasteiger partial charge in [0.2, 0.25) is 0 Å². The molecule has 0 aliphatic heterocycles. The molecule has 0 spiro atoms. The van der Waals surface area contributed by atoms with Crippen molar-refractivity contribution in [2.75, 3.05) is 0 Å². The predicted octanol–water partition coefficient (Wildman–Crippen LogP) is 6.32. The third-order valence-corrected chi connectivity index (χ3v) is 2.02. The van der Waals surface area contributed by atoms with Crippen molar-refractivity contribution < 1.29 is 8.78 Å². The van der Waals surface area contributed by atoms with Crippen LogP contribution in [0.25, 0.3) is 0 Å². The third kappa shape index (κ3) is 11.4. The first kappa shape index (κ1) is 20.6. The van der Waals surface area contributed by atoms with Gasteiger partial charge >= 0.3 is 0 Å². The first-order chi connectivity index (χ1) is 8.99. The molecule has 0 nitrogen and oxygen atoms in total. The topological polar surface area (TPSA) is 0 Å². The molecule has 0 bridgehead atoms. The number of hydrogen-bond donors (Lipinski definition) is 0. The van der Waals surface area contributed by atoms with Crippen LogP contribution in [0.1, 0.15) is 38.8 Å². The quantitative estimate of drug-likeness (QED) is 0.529. The normalized spacial score (nSPS) is 8.30. The fourth-order valence-corrected chi connectivity index (χ4v) is 1.07. The van der Waals surface area contributed by atoms with Crippen LogP contribution in [0, 0.1) is 25.5 Å². The Labute approximate surface area is 122 Å². The minimum atomic E-state index is -0.171. The molecule has 2 aromatic rings. The van der Waals surface area contributed by atoms with Gasteiger partial charge in [-0.2, -0.15) is 0 Å². The summed E-state index contributed by atoms with van der Waals surface area (Å²) in [5.41, 5.74) is 2.18. The molecule has 0 fully saturated rings. The fourth-order valence-electron chi connectivity index (χ4n) is 1.07. The van der Waals surface area contributed by atoms with E-state index in [1.54, 1.807) is 24.3 Å². The Hall–Kier alpha value is -1.70. The summed E-state index contributed by atoms with van der Waals surface area (Å²) >= 11 is 0. The summed E-state index contributed by atoms with van der Waals surface area (Å²) in [6.07, 6.45) is 1.25. The summed E-state index contributed by atoms with van der Waals surface area (Å²) in [4.78, 5) is 0. The lowest BCUT2D eigenvalue weighted by molar-refractivity contribution is 0.627. The maximum absolute atomic E-state index is 12.1. The number of halogens is 2. The minimum absolute atomic E-state index is 0. The molecule has 0 unspecified atom stereocenters. The summed E-state index contributed by atoms with van der Waals surface area (Å²) in [6.45, 7) is 8.11. The lowest BCUT2D eigenvalue weighted by atomic mass is 10.2. The van der Waals surface area contributed by atoms with Crippen LogP contribution in [0.2, 0.25) is 0 Å². The molecule has 2 heteroatoms.